The van der Waals surface area contributed by atoms with Crippen LogP contribution >= 0.6 is 11.6 Å². The van der Waals surface area contributed by atoms with E-state index in [1.165, 1.54) is 0 Å². The maximum atomic E-state index is 13.0. The number of nitrogens with zero attached hydrogens (tertiary/aromatic N) is 2. The van der Waals surface area contributed by atoms with E-state index in [4.69, 9.17) is 16.7 Å². The molecule has 2 aromatic carbocycles. The van der Waals surface area contributed by atoms with Crippen molar-refractivity contribution >= 4 is 23.3 Å². The molecule has 148 valence electrons. The first-order chi connectivity index (χ1) is 13.4. The van der Waals surface area contributed by atoms with Crippen LogP contribution in [0.25, 0.3) is 0 Å². The number of carbonyl (C=O) groups is 2. The Morgan fingerprint density at radius 1 is 1.04 bits per heavy atom. The van der Waals surface area contributed by atoms with Crippen molar-refractivity contribution in [3.8, 4) is 0 Å². The van der Waals surface area contributed by atoms with Crippen LogP contribution in [-0.2, 0) is 6.54 Å². The number of hydrogen-bond donors (Lipinski definition) is 1. The quantitative estimate of drug-likeness (QED) is 0.782. The van der Waals surface area contributed by atoms with Crippen molar-refractivity contribution < 1.29 is 14.7 Å². The van der Waals surface area contributed by atoms with E-state index in [2.05, 4.69) is 18.7 Å². The molecule has 0 aliphatic carbocycles. The molecule has 2 atom stereocenters. The van der Waals surface area contributed by atoms with Crippen molar-refractivity contribution in [2.45, 2.75) is 32.5 Å². The molecular weight excluding hydrogens is 376 g/mol. The summed E-state index contributed by atoms with van der Waals surface area (Å²) in [5, 5.41) is 9.43. The minimum Gasteiger partial charge on any atom is -0.388 e. The summed E-state index contributed by atoms with van der Waals surface area (Å²) in [6.07, 6.45) is 0. The third kappa shape index (κ3) is 4.43. The maximum Gasteiger partial charge on any atom is 0.255 e. The predicted molar refractivity (Wildman–Crippen MR) is 110 cm³/mol. The second-order valence-corrected chi connectivity index (χ2v) is 7.77. The normalized spacial score (nSPS) is 20.2. The molecule has 1 aliphatic rings. The van der Waals surface area contributed by atoms with E-state index in [0.717, 1.165) is 25.2 Å². The van der Waals surface area contributed by atoms with Gasteiger partial charge in [-0.05, 0) is 31.5 Å². The lowest BCUT2D eigenvalue weighted by Crippen LogP contribution is -2.58. The lowest BCUT2D eigenvalue weighted by Gasteiger charge is -2.44. The summed E-state index contributed by atoms with van der Waals surface area (Å²) >= 11 is 6.22. The molecule has 0 saturated carbocycles. The van der Waals surface area contributed by atoms with Gasteiger partial charge in [0, 0.05) is 37.3 Å². The van der Waals surface area contributed by atoms with Crippen molar-refractivity contribution in [3.63, 3.8) is 0 Å². The zero-order valence-electron chi connectivity index (χ0n) is 16.1. The maximum absolute atomic E-state index is 13.0. The average Bonchev–Trinajstić information content (AvgIpc) is 2.67. The SMILES string of the molecule is C[C@@H]1CN(Cc2ccc(C(=O)CO)cc2)C[C@H](C)N1C(=O)c1ccccc1Cl. The number of halogens is 1. The smallest absolute Gasteiger partial charge is 0.255 e. The molecule has 1 heterocycles. The number of rotatable bonds is 5. The summed E-state index contributed by atoms with van der Waals surface area (Å²) in [5.74, 6) is -0.308. The fourth-order valence-electron chi connectivity index (χ4n) is 3.88. The summed E-state index contributed by atoms with van der Waals surface area (Å²) in [5.41, 5.74) is 2.16. The fourth-order valence-corrected chi connectivity index (χ4v) is 4.10. The summed E-state index contributed by atoms with van der Waals surface area (Å²) in [6.45, 7) is 5.91. The summed E-state index contributed by atoms with van der Waals surface area (Å²) in [6, 6.07) is 14.6. The Balaban J connectivity index is 1.67. The molecule has 0 radical (unpaired) electrons. The van der Waals surface area contributed by atoms with E-state index in [9.17, 15) is 9.59 Å². The first-order valence-corrected chi connectivity index (χ1v) is 9.81. The lowest BCUT2D eigenvalue weighted by atomic mass is 10.0. The van der Waals surface area contributed by atoms with Crippen LogP contribution in [0.5, 0.6) is 0 Å². The van der Waals surface area contributed by atoms with E-state index >= 15 is 0 Å². The molecule has 1 amide bonds. The van der Waals surface area contributed by atoms with Gasteiger partial charge < -0.3 is 10.0 Å². The van der Waals surface area contributed by atoms with Crippen molar-refractivity contribution in [1.29, 1.82) is 0 Å². The molecule has 28 heavy (non-hydrogen) atoms. The van der Waals surface area contributed by atoms with Crippen LogP contribution in [0.15, 0.2) is 48.5 Å². The lowest BCUT2D eigenvalue weighted by molar-refractivity contribution is 0.0268. The van der Waals surface area contributed by atoms with Gasteiger partial charge in [0.25, 0.3) is 5.91 Å². The zero-order chi connectivity index (χ0) is 20.3. The van der Waals surface area contributed by atoms with Crippen molar-refractivity contribution in [2.75, 3.05) is 19.7 Å². The summed E-state index contributed by atoms with van der Waals surface area (Å²) in [4.78, 5) is 28.8. The zero-order valence-corrected chi connectivity index (χ0v) is 16.9. The Morgan fingerprint density at radius 2 is 1.64 bits per heavy atom. The molecule has 2 aromatic rings. The molecule has 6 heteroatoms. The molecule has 0 spiro atoms. The standard InChI is InChI=1S/C22H25ClN2O3/c1-15-11-24(13-17-7-9-18(10-8-17)21(27)14-26)12-16(2)25(15)22(28)19-5-3-4-6-20(19)23/h3-10,15-16,26H,11-14H2,1-2H3/t15-,16+. The first-order valence-electron chi connectivity index (χ1n) is 9.43. The number of amides is 1. The summed E-state index contributed by atoms with van der Waals surface area (Å²) in [7, 11) is 0. The van der Waals surface area contributed by atoms with Gasteiger partial charge in [0.1, 0.15) is 6.61 Å². The van der Waals surface area contributed by atoms with Crippen LogP contribution in [0.3, 0.4) is 0 Å². The van der Waals surface area contributed by atoms with Gasteiger partial charge in [-0.3, -0.25) is 14.5 Å². The highest BCUT2D eigenvalue weighted by molar-refractivity contribution is 6.33. The van der Waals surface area contributed by atoms with Gasteiger partial charge in [0.2, 0.25) is 0 Å². The predicted octanol–water partition coefficient (Wildman–Crippen LogP) is 3.25. The minimum atomic E-state index is -0.476. The van der Waals surface area contributed by atoms with Gasteiger partial charge in [0.05, 0.1) is 10.6 Å². The minimum absolute atomic E-state index is 0.0304. The molecule has 1 fully saturated rings. The van der Waals surface area contributed by atoms with E-state index < -0.39 is 6.61 Å². The topological polar surface area (TPSA) is 60.9 Å². The van der Waals surface area contributed by atoms with Gasteiger partial charge >= 0.3 is 0 Å². The first kappa shape index (κ1) is 20.5. The van der Waals surface area contributed by atoms with Crippen LogP contribution < -0.4 is 0 Å². The largest absolute Gasteiger partial charge is 0.388 e. The average molecular weight is 401 g/mol. The van der Waals surface area contributed by atoms with E-state index in [1.54, 1.807) is 24.3 Å². The Labute approximate surface area is 170 Å². The number of hydrogen-bond acceptors (Lipinski definition) is 4. The van der Waals surface area contributed by atoms with Gasteiger partial charge in [-0.25, -0.2) is 0 Å². The van der Waals surface area contributed by atoms with Gasteiger partial charge in [-0.1, -0.05) is 48.0 Å². The van der Waals surface area contributed by atoms with Crippen LogP contribution in [-0.4, -0.2) is 58.4 Å². The molecule has 0 bridgehead atoms. The third-order valence-corrected chi connectivity index (χ3v) is 5.49. The highest BCUT2D eigenvalue weighted by Gasteiger charge is 2.33. The fraction of sp³-hybridized carbons (Fsp3) is 0.364. The van der Waals surface area contributed by atoms with Gasteiger partial charge in [0.15, 0.2) is 5.78 Å². The van der Waals surface area contributed by atoms with Crippen molar-refractivity contribution in [3.05, 3.63) is 70.2 Å². The molecule has 1 aliphatic heterocycles. The molecule has 1 saturated heterocycles. The van der Waals surface area contributed by atoms with Crippen molar-refractivity contribution in [2.24, 2.45) is 0 Å². The molecular formula is C22H25ClN2O3. The monoisotopic (exact) mass is 400 g/mol. The van der Waals surface area contributed by atoms with Gasteiger partial charge in [-0.15, -0.1) is 0 Å². The molecule has 0 aromatic heterocycles. The molecule has 1 N–H and O–H groups in total. The van der Waals surface area contributed by atoms with Gasteiger partial charge in [-0.2, -0.15) is 0 Å². The second-order valence-electron chi connectivity index (χ2n) is 7.36. The van der Waals surface area contributed by atoms with E-state index in [-0.39, 0.29) is 23.8 Å². The van der Waals surface area contributed by atoms with E-state index in [1.807, 2.05) is 29.2 Å². The third-order valence-electron chi connectivity index (χ3n) is 5.16. The number of aliphatic hydroxyl groups is 1. The van der Waals surface area contributed by atoms with Crippen LogP contribution in [0.2, 0.25) is 5.02 Å². The number of ketones is 1. The Hall–Kier alpha value is -2.21. The Bertz CT molecular complexity index is 841. The Kier molecular flexibility index (Phi) is 6.50. The molecule has 0 unspecified atom stereocenters. The molecule has 5 nitrogen and oxygen atoms in total. The number of benzene rings is 2. The van der Waals surface area contributed by atoms with E-state index in [0.29, 0.717) is 16.1 Å². The van der Waals surface area contributed by atoms with Crippen molar-refractivity contribution in [1.82, 2.24) is 9.80 Å². The number of piperazine rings is 1. The number of carbonyl (C=O) groups excluding carboxylic acids is 2. The Morgan fingerprint density at radius 3 is 2.21 bits per heavy atom. The number of Topliss-reactive ketones (excluding diaryl/α,β-unsaturated/α-hetero) is 1. The highest BCUT2D eigenvalue weighted by atomic mass is 35.5. The summed E-state index contributed by atoms with van der Waals surface area (Å²) < 4.78 is 0. The van der Waals surface area contributed by atoms with Crippen LogP contribution in [0.4, 0.5) is 0 Å². The highest BCUT2D eigenvalue weighted by Crippen LogP contribution is 2.24. The molecule has 3 rings (SSSR count). The number of aliphatic hydroxyl groups excluding tert-OH is 1. The van der Waals surface area contributed by atoms with Crippen LogP contribution in [0.1, 0.15) is 40.1 Å². The second kappa shape index (κ2) is 8.86. The van der Waals surface area contributed by atoms with Crippen LogP contribution in [0, 0.1) is 0 Å².